The number of benzene rings is 1. The average Bonchev–Trinajstić information content (AvgIpc) is 3.22. The second kappa shape index (κ2) is 7.20. The number of rotatable bonds is 5. The van der Waals surface area contributed by atoms with Gasteiger partial charge >= 0.3 is 0 Å². The van der Waals surface area contributed by atoms with Crippen molar-refractivity contribution in [3.63, 3.8) is 0 Å². The van der Waals surface area contributed by atoms with Crippen molar-refractivity contribution in [3.8, 4) is 17.1 Å². The first kappa shape index (κ1) is 18.0. The number of aromatic nitrogens is 2. The normalized spacial score (nSPS) is 11.0. The van der Waals surface area contributed by atoms with Crippen molar-refractivity contribution in [1.29, 1.82) is 0 Å². The first-order valence-corrected chi connectivity index (χ1v) is 8.98. The summed E-state index contributed by atoms with van der Waals surface area (Å²) in [4.78, 5) is 14.9. The lowest BCUT2D eigenvalue weighted by Crippen LogP contribution is -2.32. The third kappa shape index (κ3) is 3.29. The number of carbonyl (C=O) groups is 1. The minimum atomic E-state index is -0.0306. The molecule has 0 saturated heterocycles. The molecule has 2 aromatic heterocycles. The van der Waals surface area contributed by atoms with Crippen molar-refractivity contribution < 1.29 is 9.21 Å². The van der Waals surface area contributed by atoms with E-state index in [0.717, 1.165) is 17.0 Å². The lowest BCUT2D eigenvalue weighted by molar-refractivity contribution is 0.0764. The fraction of sp³-hybridized carbons (Fsp3) is 0.333. The van der Waals surface area contributed by atoms with Crippen LogP contribution in [-0.2, 0) is 0 Å². The van der Waals surface area contributed by atoms with Crippen LogP contribution in [-0.4, -0.2) is 33.7 Å². The summed E-state index contributed by atoms with van der Waals surface area (Å²) >= 11 is 0. The van der Waals surface area contributed by atoms with E-state index < -0.39 is 0 Å². The zero-order valence-corrected chi connectivity index (χ0v) is 16.0. The third-order valence-electron chi connectivity index (χ3n) is 4.55. The number of hydrogen-bond donors (Lipinski definition) is 0. The van der Waals surface area contributed by atoms with E-state index >= 15 is 0 Å². The molecule has 0 unspecified atom stereocenters. The smallest absolute Gasteiger partial charge is 0.272 e. The van der Waals surface area contributed by atoms with Crippen LogP contribution in [0, 0.1) is 20.8 Å². The number of aryl methyl sites for hydroxylation is 3. The lowest BCUT2D eigenvalue weighted by Gasteiger charge is -2.19. The van der Waals surface area contributed by atoms with Gasteiger partial charge in [-0.25, -0.2) is 4.68 Å². The molecule has 0 saturated carbocycles. The van der Waals surface area contributed by atoms with Gasteiger partial charge < -0.3 is 9.32 Å². The molecule has 0 fully saturated rings. The quantitative estimate of drug-likeness (QED) is 0.678. The predicted molar refractivity (Wildman–Crippen MR) is 103 cm³/mol. The van der Waals surface area contributed by atoms with Crippen LogP contribution < -0.4 is 0 Å². The fourth-order valence-corrected chi connectivity index (χ4v) is 3.13. The summed E-state index contributed by atoms with van der Waals surface area (Å²) < 4.78 is 7.45. The Bertz CT molecular complexity index is 933. The highest BCUT2D eigenvalue weighted by molar-refractivity contribution is 5.94. The van der Waals surface area contributed by atoms with Gasteiger partial charge in [0, 0.05) is 19.2 Å². The van der Waals surface area contributed by atoms with E-state index in [1.165, 1.54) is 5.56 Å². The standard InChI is InChI=1S/C21H25N3O2/c1-6-23(7-2)21(25)19-13-17(20-11-9-16(5)26-20)22-24(19)18-10-8-14(3)12-15(18)4/h8-13H,6-7H2,1-5H3. The van der Waals surface area contributed by atoms with E-state index in [0.29, 0.717) is 30.2 Å². The first-order chi connectivity index (χ1) is 12.4. The Morgan fingerprint density at radius 2 is 1.81 bits per heavy atom. The van der Waals surface area contributed by atoms with Crippen molar-refractivity contribution in [2.75, 3.05) is 13.1 Å². The Morgan fingerprint density at radius 1 is 1.08 bits per heavy atom. The van der Waals surface area contributed by atoms with Crippen LogP contribution in [0.15, 0.2) is 40.8 Å². The van der Waals surface area contributed by atoms with Crippen molar-refractivity contribution in [2.45, 2.75) is 34.6 Å². The maximum absolute atomic E-state index is 13.1. The second-order valence-electron chi connectivity index (χ2n) is 6.50. The van der Waals surface area contributed by atoms with Gasteiger partial charge in [0.25, 0.3) is 5.91 Å². The number of amides is 1. The zero-order chi connectivity index (χ0) is 18.8. The van der Waals surface area contributed by atoms with E-state index in [-0.39, 0.29) is 5.91 Å². The summed E-state index contributed by atoms with van der Waals surface area (Å²) in [6.07, 6.45) is 0. The fourth-order valence-electron chi connectivity index (χ4n) is 3.13. The van der Waals surface area contributed by atoms with Crippen LogP contribution in [0.1, 0.15) is 41.2 Å². The zero-order valence-electron chi connectivity index (χ0n) is 16.0. The third-order valence-corrected chi connectivity index (χ3v) is 4.55. The molecule has 2 heterocycles. The Balaban J connectivity index is 2.17. The molecule has 1 aromatic carbocycles. The van der Waals surface area contributed by atoms with Gasteiger partial charge in [-0.1, -0.05) is 17.7 Å². The van der Waals surface area contributed by atoms with Crippen LogP contribution in [0.5, 0.6) is 0 Å². The Hall–Kier alpha value is -2.82. The molecule has 0 aliphatic carbocycles. The highest BCUT2D eigenvalue weighted by atomic mass is 16.3. The molecule has 3 aromatic rings. The molecule has 26 heavy (non-hydrogen) atoms. The van der Waals surface area contributed by atoms with E-state index in [1.807, 2.05) is 58.0 Å². The van der Waals surface area contributed by atoms with Crippen LogP contribution >= 0.6 is 0 Å². The van der Waals surface area contributed by atoms with E-state index in [9.17, 15) is 4.79 Å². The van der Waals surface area contributed by atoms with Crippen molar-refractivity contribution in [3.05, 3.63) is 59.0 Å². The molecule has 0 bridgehead atoms. The monoisotopic (exact) mass is 351 g/mol. The molecular weight excluding hydrogens is 326 g/mol. The van der Waals surface area contributed by atoms with Crippen LogP contribution in [0.4, 0.5) is 0 Å². The molecule has 5 heteroatoms. The van der Waals surface area contributed by atoms with Gasteiger partial charge in [-0.3, -0.25) is 4.79 Å². The number of carbonyl (C=O) groups excluding carboxylic acids is 1. The van der Waals surface area contributed by atoms with Gasteiger partial charge in [-0.15, -0.1) is 0 Å². The predicted octanol–water partition coefficient (Wildman–Crippen LogP) is 4.54. The Kier molecular flexibility index (Phi) is 4.98. The minimum Gasteiger partial charge on any atom is -0.460 e. The molecule has 0 atom stereocenters. The summed E-state index contributed by atoms with van der Waals surface area (Å²) in [5.41, 5.74) is 4.36. The van der Waals surface area contributed by atoms with Gasteiger partial charge in [0.1, 0.15) is 17.1 Å². The largest absolute Gasteiger partial charge is 0.460 e. The van der Waals surface area contributed by atoms with E-state index in [1.54, 1.807) is 9.58 Å². The molecular formula is C21H25N3O2. The highest BCUT2D eigenvalue weighted by Gasteiger charge is 2.23. The molecule has 0 radical (unpaired) electrons. The number of hydrogen-bond acceptors (Lipinski definition) is 3. The van der Waals surface area contributed by atoms with Gasteiger partial charge in [0.05, 0.1) is 5.69 Å². The van der Waals surface area contributed by atoms with Crippen LogP contribution in [0.25, 0.3) is 17.1 Å². The number of nitrogens with zero attached hydrogens (tertiary/aromatic N) is 3. The summed E-state index contributed by atoms with van der Waals surface area (Å²) in [6.45, 7) is 11.3. The van der Waals surface area contributed by atoms with Gasteiger partial charge in [-0.05, 0) is 58.4 Å². The maximum atomic E-state index is 13.1. The van der Waals surface area contributed by atoms with Crippen LogP contribution in [0.2, 0.25) is 0 Å². The SMILES string of the molecule is CCN(CC)C(=O)c1cc(-c2ccc(C)o2)nn1-c1ccc(C)cc1C. The Morgan fingerprint density at radius 3 is 2.38 bits per heavy atom. The molecule has 3 rings (SSSR count). The average molecular weight is 351 g/mol. The highest BCUT2D eigenvalue weighted by Crippen LogP contribution is 2.26. The molecule has 5 nitrogen and oxygen atoms in total. The van der Waals surface area contributed by atoms with E-state index in [4.69, 9.17) is 9.52 Å². The van der Waals surface area contributed by atoms with Crippen molar-refractivity contribution in [2.24, 2.45) is 0 Å². The Labute approximate surface area is 154 Å². The summed E-state index contributed by atoms with van der Waals surface area (Å²) in [6, 6.07) is 11.7. The summed E-state index contributed by atoms with van der Waals surface area (Å²) in [5.74, 6) is 1.45. The number of furan rings is 1. The van der Waals surface area contributed by atoms with Gasteiger partial charge in [0.15, 0.2) is 5.76 Å². The summed E-state index contributed by atoms with van der Waals surface area (Å²) in [5, 5.41) is 4.70. The second-order valence-corrected chi connectivity index (χ2v) is 6.50. The molecule has 0 aliphatic rings. The molecule has 0 spiro atoms. The molecule has 136 valence electrons. The van der Waals surface area contributed by atoms with Gasteiger partial charge in [0.2, 0.25) is 0 Å². The first-order valence-electron chi connectivity index (χ1n) is 8.98. The molecule has 0 N–H and O–H groups in total. The summed E-state index contributed by atoms with van der Waals surface area (Å²) in [7, 11) is 0. The van der Waals surface area contributed by atoms with Gasteiger partial charge in [-0.2, -0.15) is 5.10 Å². The van der Waals surface area contributed by atoms with E-state index in [2.05, 4.69) is 13.0 Å². The lowest BCUT2D eigenvalue weighted by atomic mass is 10.1. The molecule has 0 aliphatic heterocycles. The topological polar surface area (TPSA) is 51.3 Å². The van der Waals surface area contributed by atoms with Crippen molar-refractivity contribution >= 4 is 5.91 Å². The minimum absolute atomic E-state index is 0.0306. The van der Waals surface area contributed by atoms with Crippen molar-refractivity contribution in [1.82, 2.24) is 14.7 Å². The molecule has 1 amide bonds. The maximum Gasteiger partial charge on any atom is 0.272 e. The van der Waals surface area contributed by atoms with Crippen LogP contribution in [0.3, 0.4) is 0 Å².